The van der Waals surface area contributed by atoms with Crippen LogP contribution in [-0.2, 0) is 4.79 Å². The van der Waals surface area contributed by atoms with Crippen LogP contribution in [0.15, 0.2) is 0 Å². The molecule has 0 unspecified atom stereocenters. The van der Waals surface area contributed by atoms with E-state index in [2.05, 4.69) is 0 Å². The zero-order chi connectivity index (χ0) is 10.2. The molecule has 1 atom stereocenters. The molecule has 0 spiro atoms. The third-order valence-corrected chi connectivity index (χ3v) is 3.37. The van der Waals surface area contributed by atoms with Crippen molar-refractivity contribution in [1.82, 2.24) is 4.90 Å². The summed E-state index contributed by atoms with van der Waals surface area (Å²) in [6.45, 7) is 1.19. The van der Waals surface area contributed by atoms with E-state index >= 15 is 0 Å². The Hall–Kier alpha value is -0.610. The number of hydrogen-bond donors (Lipinski definition) is 2. The van der Waals surface area contributed by atoms with Gasteiger partial charge in [-0.2, -0.15) is 0 Å². The first-order valence-corrected chi connectivity index (χ1v) is 5.34. The van der Waals surface area contributed by atoms with E-state index in [0.717, 1.165) is 19.3 Å². The molecule has 3 N–H and O–H groups in total. The Kier molecular flexibility index (Phi) is 2.49. The molecule has 0 aromatic rings. The zero-order valence-corrected chi connectivity index (χ0v) is 8.41. The molecule has 1 heterocycles. The van der Waals surface area contributed by atoms with E-state index in [9.17, 15) is 9.90 Å². The monoisotopic (exact) mass is 198 g/mol. The van der Waals surface area contributed by atoms with E-state index in [0.29, 0.717) is 25.9 Å². The predicted molar refractivity (Wildman–Crippen MR) is 52.6 cm³/mol. The lowest BCUT2D eigenvalue weighted by atomic mass is 9.75. The molecule has 2 aliphatic rings. The fourth-order valence-corrected chi connectivity index (χ4v) is 2.19. The van der Waals surface area contributed by atoms with E-state index in [4.69, 9.17) is 5.73 Å². The van der Waals surface area contributed by atoms with Crippen molar-refractivity contribution < 1.29 is 9.90 Å². The van der Waals surface area contributed by atoms with Crippen molar-refractivity contribution in [3.63, 3.8) is 0 Å². The van der Waals surface area contributed by atoms with Gasteiger partial charge in [0.15, 0.2) is 0 Å². The lowest BCUT2D eigenvalue weighted by Crippen LogP contribution is -2.50. The van der Waals surface area contributed by atoms with Crippen molar-refractivity contribution in [2.75, 3.05) is 13.1 Å². The molecule has 0 bridgehead atoms. The van der Waals surface area contributed by atoms with Crippen LogP contribution in [0.3, 0.4) is 0 Å². The van der Waals surface area contributed by atoms with Crippen LogP contribution in [0.4, 0.5) is 0 Å². The second kappa shape index (κ2) is 3.51. The maximum atomic E-state index is 11.7. The van der Waals surface area contributed by atoms with Crippen molar-refractivity contribution in [2.24, 2.45) is 5.73 Å². The number of hydrogen-bond acceptors (Lipinski definition) is 3. The van der Waals surface area contributed by atoms with E-state index < -0.39 is 0 Å². The topological polar surface area (TPSA) is 66.6 Å². The fourth-order valence-electron chi connectivity index (χ4n) is 2.19. The van der Waals surface area contributed by atoms with Crippen molar-refractivity contribution in [3.8, 4) is 0 Å². The standard InChI is InChI=1S/C10H18N2O2/c11-10(3-1-4-10)6-9(14)12-5-2-8(13)7-12/h8,13H,1-7,11H2/t8-/m0/s1. The molecule has 14 heavy (non-hydrogen) atoms. The number of amides is 1. The Bertz CT molecular complexity index is 238. The van der Waals surface area contributed by atoms with Crippen LogP contribution in [0.1, 0.15) is 32.1 Å². The molecule has 1 amide bonds. The average molecular weight is 198 g/mol. The van der Waals surface area contributed by atoms with Gasteiger partial charge in [-0.15, -0.1) is 0 Å². The minimum atomic E-state index is -0.325. The molecule has 80 valence electrons. The van der Waals surface area contributed by atoms with Gasteiger partial charge in [0, 0.05) is 25.0 Å². The first-order valence-electron chi connectivity index (χ1n) is 5.34. The van der Waals surface area contributed by atoms with Crippen LogP contribution in [-0.4, -0.2) is 40.6 Å². The molecule has 0 radical (unpaired) electrons. The Morgan fingerprint density at radius 3 is 2.71 bits per heavy atom. The third kappa shape index (κ3) is 1.91. The summed E-state index contributed by atoms with van der Waals surface area (Å²) in [4.78, 5) is 13.5. The molecular weight excluding hydrogens is 180 g/mol. The molecule has 1 saturated heterocycles. The molecule has 1 saturated carbocycles. The lowest BCUT2D eigenvalue weighted by molar-refractivity contribution is -0.132. The van der Waals surface area contributed by atoms with Gasteiger partial charge in [0.1, 0.15) is 0 Å². The second-order valence-corrected chi connectivity index (χ2v) is 4.67. The predicted octanol–water partition coefficient (Wildman–Crippen LogP) is -0.149. The number of aliphatic hydroxyl groups excluding tert-OH is 1. The summed E-state index contributed by atoms with van der Waals surface area (Å²) in [6.07, 6.45) is 3.92. The van der Waals surface area contributed by atoms with Crippen LogP contribution >= 0.6 is 0 Å². The Labute approximate surface area is 84.1 Å². The van der Waals surface area contributed by atoms with Gasteiger partial charge in [0.25, 0.3) is 0 Å². The first-order chi connectivity index (χ1) is 6.59. The summed E-state index contributed by atoms with van der Waals surface area (Å²) < 4.78 is 0. The first kappa shape index (κ1) is 9.93. The van der Waals surface area contributed by atoms with Gasteiger partial charge in [-0.25, -0.2) is 0 Å². The average Bonchev–Trinajstić information content (AvgIpc) is 2.49. The maximum absolute atomic E-state index is 11.7. The lowest BCUT2D eigenvalue weighted by Gasteiger charge is -2.38. The number of β-amino-alcohol motifs (C(OH)–C–C–N with tert-alkyl or cyclic N) is 1. The number of aliphatic hydroxyl groups is 1. The van der Waals surface area contributed by atoms with E-state index in [1.54, 1.807) is 4.90 Å². The van der Waals surface area contributed by atoms with Gasteiger partial charge in [0.2, 0.25) is 5.91 Å². The molecule has 0 aromatic carbocycles. The third-order valence-electron chi connectivity index (χ3n) is 3.37. The molecule has 1 aliphatic carbocycles. The number of nitrogens with zero attached hydrogens (tertiary/aromatic N) is 1. The van der Waals surface area contributed by atoms with Crippen LogP contribution < -0.4 is 5.73 Å². The quantitative estimate of drug-likeness (QED) is 0.648. The van der Waals surface area contributed by atoms with Gasteiger partial charge in [-0.05, 0) is 25.7 Å². The highest BCUT2D eigenvalue weighted by Crippen LogP contribution is 2.32. The highest BCUT2D eigenvalue weighted by molar-refractivity contribution is 5.78. The summed E-state index contributed by atoms with van der Waals surface area (Å²) in [7, 11) is 0. The van der Waals surface area contributed by atoms with Crippen molar-refractivity contribution in [2.45, 2.75) is 43.7 Å². The van der Waals surface area contributed by atoms with E-state index in [1.807, 2.05) is 0 Å². The number of likely N-dealkylation sites (tertiary alicyclic amines) is 1. The highest BCUT2D eigenvalue weighted by atomic mass is 16.3. The molecule has 4 nitrogen and oxygen atoms in total. The SMILES string of the molecule is NC1(CC(=O)N2CC[C@H](O)C2)CCC1. The van der Waals surface area contributed by atoms with Crippen molar-refractivity contribution in [3.05, 3.63) is 0 Å². The molecule has 4 heteroatoms. The second-order valence-electron chi connectivity index (χ2n) is 4.67. The van der Waals surface area contributed by atoms with Crippen molar-refractivity contribution in [1.29, 1.82) is 0 Å². The van der Waals surface area contributed by atoms with Gasteiger partial charge in [-0.1, -0.05) is 0 Å². The van der Waals surface area contributed by atoms with Gasteiger partial charge < -0.3 is 15.7 Å². The van der Waals surface area contributed by atoms with Crippen LogP contribution in [0.2, 0.25) is 0 Å². The Morgan fingerprint density at radius 1 is 1.57 bits per heavy atom. The van der Waals surface area contributed by atoms with Crippen molar-refractivity contribution >= 4 is 5.91 Å². The molecule has 0 aromatic heterocycles. The Balaban J connectivity index is 1.83. The van der Waals surface area contributed by atoms with Gasteiger partial charge in [0.05, 0.1) is 6.10 Å². The summed E-state index contributed by atoms with van der Waals surface area (Å²) in [5.41, 5.74) is 5.76. The zero-order valence-electron chi connectivity index (χ0n) is 8.41. The van der Waals surface area contributed by atoms with E-state index in [-0.39, 0.29) is 17.6 Å². The summed E-state index contributed by atoms with van der Waals surface area (Å²) in [6, 6.07) is 0. The maximum Gasteiger partial charge on any atom is 0.224 e. The number of rotatable bonds is 2. The summed E-state index contributed by atoms with van der Waals surface area (Å²) in [5, 5.41) is 9.29. The molecular formula is C10H18N2O2. The number of carbonyl (C=O) groups excluding carboxylic acids is 1. The minimum absolute atomic E-state index is 0.115. The fraction of sp³-hybridized carbons (Fsp3) is 0.900. The number of carbonyl (C=O) groups is 1. The number of nitrogens with two attached hydrogens (primary N) is 1. The van der Waals surface area contributed by atoms with Gasteiger partial charge >= 0.3 is 0 Å². The van der Waals surface area contributed by atoms with Crippen LogP contribution in [0.25, 0.3) is 0 Å². The van der Waals surface area contributed by atoms with Crippen LogP contribution in [0, 0.1) is 0 Å². The van der Waals surface area contributed by atoms with E-state index in [1.165, 1.54) is 0 Å². The smallest absolute Gasteiger partial charge is 0.224 e. The Morgan fingerprint density at radius 2 is 2.29 bits per heavy atom. The summed E-state index contributed by atoms with van der Waals surface area (Å²) >= 11 is 0. The largest absolute Gasteiger partial charge is 0.391 e. The molecule has 2 rings (SSSR count). The summed E-state index contributed by atoms with van der Waals surface area (Å²) in [5.74, 6) is 0.115. The van der Waals surface area contributed by atoms with Gasteiger partial charge in [-0.3, -0.25) is 4.79 Å². The minimum Gasteiger partial charge on any atom is -0.391 e. The van der Waals surface area contributed by atoms with Crippen LogP contribution in [0.5, 0.6) is 0 Å². The molecule has 2 fully saturated rings. The highest BCUT2D eigenvalue weighted by Gasteiger charge is 2.37. The molecule has 1 aliphatic heterocycles. The normalized spacial score (nSPS) is 30.1.